The van der Waals surface area contributed by atoms with E-state index in [0.717, 1.165) is 11.8 Å². The van der Waals surface area contributed by atoms with E-state index in [1.807, 2.05) is 18.2 Å². The van der Waals surface area contributed by atoms with E-state index in [1.165, 1.54) is 21.6 Å². The molecule has 1 fully saturated rings. The van der Waals surface area contributed by atoms with Gasteiger partial charge in [0.15, 0.2) is 0 Å². The van der Waals surface area contributed by atoms with Gasteiger partial charge in [0.25, 0.3) is 17.4 Å². The van der Waals surface area contributed by atoms with Crippen LogP contribution in [0.15, 0.2) is 64.3 Å². The SMILES string of the molecule is COCCN1C(=O)/C(=C2/C(=O)N(CC(=O)Nc3c(C)n(C)n(-c4ccccc4)c3=O)c3ccccc32)SC1=S. The van der Waals surface area contributed by atoms with Gasteiger partial charge in [0.2, 0.25) is 5.91 Å². The molecule has 0 saturated carbocycles. The molecule has 3 amide bonds. The minimum atomic E-state index is -0.543. The normalized spacial score (nSPS) is 16.8. The largest absolute Gasteiger partial charge is 0.383 e. The molecule has 2 aliphatic rings. The Hall–Kier alpha value is -4.00. The van der Waals surface area contributed by atoms with E-state index in [9.17, 15) is 19.2 Å². The first-order chi connectivity index (χ1) is 18.7. The Balaban J connectivity index is 1.44. The number of amides is 3. The number of carbonyl (C=O) groups excluding carboxylic acids is 3. The Kier molecular flexibility index (Phi) is 7.25. The zero-order chi connectivity index (χ0) is 27.8. The van der Waals surface area contributed by atoms with Gasteiger partial charge >= 0.3 is 0 Å². The molecule has 10 nitrogen and oxygen atoms in total. The number of fused-ring (bicyclic) bond motifs is 1. The molecule has 1 N–H and O–H groups in total. The summed E-state index contributed by atoms with van der Waals surface area (Å²) in [5, 5.41) is 2.70. The van der Waals surface area contributed by atoms with E-state index in [1.54, 1.807) is 55.1 Å². The molecule has 2 aromatic carbocycles. The van der Waals surface area contributed by atoms with Crippen molar-refractivity contribution < 1.29 is 19.1 Å². The number of benzene rings is 2. The van der Waals surface area contributed by atoms with Crippen LogP contribution in [-0.4, -0.2) is 63.1 Å². The molecular weight excluding hydrogens is 538 g/mol. The van der Waals surface area contributed by atoms with Crippen LogP contribution in [0.4, 0.5) is 11.4 Å². The van der Waals surface area contributed by atoms with E-state index in [4.69, 9.17) is 17.0 Å². The van der Waals surface area contributed by atoms with Gasteiger partial charge in [-0.3, -0.25) is 33.7 Å². The standard InChI is InChI=1S/C27H25N5O5S2/c1-16-22(25(35)32(29(16)2)17-9-5-4-6-10-17)28-20(33)15-31-19-12-8-7-11-18(19)21(24(31)34)23-26(36)30(13-14-37-3)27(38)39-23/h4-12H,13-15H2,1-3H3,(H,28,33)/b23-21-. The Bertz CT molecular complexity index is 1610. The van der Waals surface area contributed by atoms with Crippen molar-refractivity contribution in [3.63, 3.8) is 0 Å². The maximum absolute atomic E-state index is 13.7. The van der Waals surface area contributed by atoms with Gasteiger partial charge in [-0.25, -0.2) is 4.68 Å². The first-order valence-electron chi connectivity index (χ1n) is 12.1. The van der Waals surface area contributed by atoms with Gasteiger partial charge in [-0.2, -0.15) is 0 Å². The fraction of sp³-hybridized carbons (Fsp3) is 0.222. The van der Waals surface area contributed by atoms with Gasteiger partial charge in [-0.1, -0.05) is 60.4 Å². The number of anilines is 2. The molecule has 0 bridgehead atoms. The van der Waals surface area contributed by atoms with Crippen LogP contribution >= 0.6 is 24.0 Å². The lowest BCUT2D eigenvalue weighted by molar-refractivity contribution is -0.123. The predicted octanol–water partition coefficient (Wildman–Crippen LogP) is 2.69. The van der Waals surface area contributed by atoms with Crippen molar-refractivity contribution in [3.8, 4) is 5.69 Å². The van der Waals surface area contributed by atoms with E-state index in [2.05, 4.69) is 5.32 Å². The molecule has 0 unspecified atom stereocenters. The van der Waals surface area contributed by atoms with Crippen LogP contribution in [0.2, 0.25) is 0 Å². The van der Waals surface area contributed by atoms with Crippen molar-refractivity contribution in [1.29, 1.82) is 0 Å². The minimum absolute atomic E-state index is 0.130. The number of nitrogens with zero attached hydrogens (tertiary/aromatic N) is 4. The number of carbonyl (C=O) groups is 3. The zero-order valence-corrected chi connectivity index (χ0v) is 23.1. The summed E-state index contributed by atoms with van der Waals surface area (Å²) in [6.45, 7) is 1.96. The molecule has 200 valence electrons. The highest BCUT2D eigenvalue weighted by atomic mass is 32.2. The van der Waals surface area contributed by atoms with E-state index in [0.29, 0.717) is 33.6 Å². The molecule has 0 spiro atoms. The lowest BCUT2D eigenvalue weighted by atomic mass is 10.1. The lowest BCUT2D eigenvalue weighted by Crippen LogP contribution is -2.36. The molecule has 0 atom stereocenters. The third-order valence-electron chi connectivity index (χ3n) is 6.64. The highest BCUT2D eigenvalue weighted by molar-refractivity contribution is 8.26. The molecule has 0 aliphatic carbocycles. The van der Waals surface area contributed by atoms with Crippen molar-refractivity contribution in [3.05, 3.63) is 81.1 Å². The molecule has 1 aromatic heterocycles. The van der Waals surface area contributed by atoms with E-state index >= 15 is 0 Å². The van der Waals surface area contributed by atoms with Crippen LogP contribution in [0, 0.1) is 6.92 Å². The average molecular weight is 564 g/mol. The van der Waals surface area contributed by atoms with Crippen molar-refractivity contribution in [2.75, 3.05) is 37.0 Å². The summed E-state index contributed by atoms with van der Waals surface area (Å²) in [5.74, 6) is -1.39. The number of hydrogen-bond donors (Lipinski definition) is 1. The molecule has 1 saturated heterocycles. The van der Waals surface area contributed by atoms with Crippen molar-refractivity contribution in [1.82, 2.24) is 14.3 Å². The molecular formula is C27H25N5O5S2. The number of methoxy groups -OCH3 is 1. The second-order valence-corrected chi connectivity index (χ2v) is 10.6. The number of ether oxygens (including phenoxy) is 1. The molecule has 39 heavy (non-hydrogen) atoms. The number of thiocarbonyl (C=S) groups is 1. The Morgan fingerprint density at radius 3 is 2.41 bits per heavy atom. The quantitative estimate of drug-likeness (QED) is 0.348. The van der Waals surface area contributed by atoms with Gasteiger partial charge in [0.05, 0.1) is 40.7 Å². The molecule has 2 aliphatic heterocycles. The van der Waals surface area contributed by atoms with Gasteiger partial charge < -0.3 is 10.1 Å². The molecule has 12 heteroatoms. The van der Waals surface area contributed by atoms with E-state index < -0.39 is 11.8 Å². The zero-order valence-electron chi connectivity index (χ0n) is 21.5. The number of aromatic nitrogens is 2. The molecule has 5 rings (SSSR count). The first-order valence-corrected chi connectivity index (χ1v) is 13.3. The van der Waals surface area contributed by atoms with Gasteiger partial charge in [-0.15, -0.1) is 0 Å². The number of rotatable bonds is 7. The Morgan fingerprint density at radius 2 is 1.69 bits per heavy atom. The maximum Gasteiger partial charge on any atom is 0.295 e. The summed E-state index contributed by atoms with van der Waals surface area (Å²) in [6.07, 6.45) is 0. The summed E-state index contributed by atoms with van der Waals surface area (Å²) < 4.78 is 8.54. The maximum atomic E-state index is 13.7. The second-order valence-electron chi connectivity index (χ2n) is 8.91. The minimum Gasteiger partial charge on any atom is -0.383 e. The number of para-hydroxylation sites is 2. The van der Waals surface area contributed by atoms with Crippen LogP contribution in [0.3, 0.4) is 0 Å². The van der Waals surface area contributed by atoms with Crippen molar-refractivity contribution >= 4 is 63.0 Å². The number of nitrogens with one attached hydrogen (secondary N) is 1. The average Bonchev–Trinajstić information content (AvgIpc) is 3.44. The van der Waals surface area contributed by atoms with Crippen LogP contribution in [0.1, 0.15) is 11.3 Å². The summed E-state index contributed by atoms with van der Waals surface area (Å²) in [7, 11) is 3.26. The third kappa shape index (κ3) is 4.60. The Morgan fingerprint density at radius 1 is 1.00 bits per heavy atom. The van der Waals surface area contributed by atoms with Crippen LogP contribution in [-0.2, 0) is 26.2 Å². The lowest BCUT2D eigenvalue weighted by Gasteiger charge is -2.16. The first kappa shape index (κ1) is 26.6. The molecule has 3 heterocycles. The van der Waals surface area contributed by atoms with Gasteiger partial charge in [0, 0.05) is 19.7 Å². The van der Waals surface area contributed by atoms with Crippen LogP contribution in [0.5, 0.6) is 0 Å². The van der Waals surface area contributed by atoms with Crippen molar-refractivity contribution in [2.24, 2.45) is 7.05 Å². The summed E-state index contributed by atoms with van der Waals surface area (Å²) in [4.78, 5) is 56.2. The van der Waals surface area contributed by atoms with Crippen LogP contribution < -0.4 is 15.8 Å². The smallest absolute Gasteiger partial charge is 0.295 e. The molecule has 0 radical (unpaired) electrons. The summed E-state index contributed by atoms with van der Waals surface area (Å²) >= 11 is 6.44. The number of hydrogen-bond acceptors (Lipinski definition) is 7. The Labute approximate surface area is 233 Å². The predicted molar refractivity (Wildman–Crippen MR) is 154 cm³/mol. The van der Waals surface area contributed by atoms with Crippen molar-refractivity contribution in [2.45, 2.75) is 6.92 Å². The summed E-state index contributed by atoms with van der Waals surface area (Å²) in [5.41, 5.74) is 2.22. The monoisotopic (exact) mass is 563 g/mol. The topological polar surface area (TPSA) is 106 Å². The second kappa shape index (κ2) is 10.6. The highest BCUT2D eigenvalue weighted by Gasteiger charge is 2.42. The summed E-state index contributed by atoms with van der Waals surface area (Å²) in [6, 6.07) is 16.1. The fourth-order valence-electron chi connectivity index (χ4n) is 4.62. The highest BCUT2D eigenvalue weighted by Crippen LogP contribution is 2.44. The number of thioether (sulfide) groups is 1. The van der Waals surface area contributed by atoms with E-state index in [-0.39, 0.29) is 40.7 Å². The van der Waals surface area contributed by atoms with Crippen LogP contribution in [0.25, 0.3) is 11.3 Å². The third-order valence-corrected chi connectivity index (χ3v) is 8.09. The fourth-order valence-corrected chi connectivity index (χ4v) is 6.00. The van der Waals surface area contributed by atoms with Gasteiger partial charge in [0.1, 0.15) is 16.6 Å². The van der Waals surface area contributed by atoms with Gasteiger partial charge in [-0.05, 0) is 25.1 Å². The molecule has 3 aromatic rings.